The van der Waals surface area contributed by atoms with Gasteiger partial charge >= 0.3 is 0 Å². The van der Waals surface area contributed by atoms with E-state index in [1.54, 1.807) is 29.0 Å². The number of hydrogen-bond acceptors (Lipinski definition) is 3. The third-order valence-electron chi connectivity index (χ3n) is 2.45. The second kappa shape index (κ2) is 4.88. The maximum absolute atomic E-state index is 13.4. The van der Waals surface area contributed by atoms with E-state index in [9.17, 15) is 9.18 Å². The van der Waals surface area contributed by atoms with E-state index >= 15 is 0 Å². The van der Waals surface area contributed by atoms with E-state index in [0.29, 0.717) is 17.7 Å². The molecule has 5 heteroatoms. The minimum atomic E-state index is -0.336. The van der Waals surface area contributed by atoms with Gasteiger partial charge in [0, 0.05) is 23.9 Å². The monoisotopic (exact) mass is 233 g/mol. The van der Waals surface area contributed by atoms with Crippen LogP contribution < -0.4 is 11.3 Å². The van der Waals surface area contributed by atoms with Crippen molar-refractivity contribution in [1.82, 2.24) is 9.55 Å². The van der Waals surface area contributed by atoms with Crippen molar-refractivity contribution in [3.05, 3.63) is 64.1 Å². The zero-order valence-electron chi connectivity index (χ0n) is 9.14. The first-order valence-electron chi connectivity index (χ1n) is 5.19. The van der Waals surface area contributed by atoms with Crippen molar-refractivity contribution in [2.24, 2.45) is 5.73 Å². The minimum Gasteiger partial charge on any atom is -0.334 e. The van der Waals surface area contributed by atoms with Crippen LogP contribution in [0.3, 0.4) is 0 Å². The van der Waals surface area contributed by atoms with E-state index in [1.807, 2.05) is 0 Å². The van der Waals surface area contributed by atoms with Gasteiger partial charge in [-0.15, -0.1) is 0 Å². The van der Waals surface area contributed by atoms with Gasteiger partial charge in [-0.2, -0.15) is 4.98 Å². The number of nitrogens with zero attached hydrogens (tertiary/aromatic N) is 2. The zero-order chi connectivity index (χ0) is 12.3. The average Bonchev–Trinajstić information content (AvgIpc) is 2.34. The lowest BCUT2D eigenvalue weighted by Crippen LogP contribution is -2.19. The van der Waals surface area contributed by atoms with Gasteiger partial charge in [-0.25, -0.2) is 4.39 Å². The molecule has 0 radical (unpaired) electrons. The van der Waals surface area contributed by atoms with E-state index in [-0.39, 0.29) is 17.9 Å². The van der Waals surface area contributed by atoms with E-state index in [4.69, 9.17) is 5.73 Å². The lowest BCUT2D eigenvalue weighted by molar-refractivity contribution is 0.596. The van der Waals surface area contributed by atoms with Crippen LogP contribution in [-0.4, -0.2) is 9.55 Å². The summed E-state index contributed by atoms with van der Waals surface area (Å²) < 4.78 is 15.1. The van der Waals surface area contributed by atoms with Crippen LogP contribution in [0.1, 0.15) is 11.1 Å². The molecule has 0 saturated heterocycles. The Morgan fingerprint density at radius 3 is 2.76 bits per heavy atom. The predicted octanol–water partition coefficient (Wildman–Crippen LogP) is 0.889. The molecule has 1 aromatic carbocycles. The Labute approximate surface area is 97.5 Å². The van der Waals surface area contributed by atoms with Crippen molar-refractivity contribution in [2.45, 2.75) is 13.1 Å². The first-order valence-corrected chi connectivity index (χ1v) is 5.19. The summed E-state index contributed by atoms with van der Waals surface area (Å²) in [5.74, 6) is -0.277. The number of rotatable bonds is 3. The maximum atomic E-state index is 13.4. The van der Waals surface area contributed by atoms with Gasteiger partial charge in [0.05, 0.1) is 12.9 Å². The first kappa shape index (κ1) is 11.5. The molecule has 17 heavy (non-hydrogen) atoms. The fraction of sp³-hybridized carbons (Fsp3) is 0.167. The fourth-order valence-corrected chi connectivity index (χ4v) is 1.55. The number of halogens is 1. The largest absolute Gasteiger partial charge is 0.334 e. The van der Waals surface area contributed by atoms with Crippen molar-refractivity contribution in [1.29, 1.82) is 0 Å². The lowest BCUT2D eigenvalue weighted by Gasteiger charge is -2.07. The molecule has 0 aliphatic carbocycles. The highest BCUT2D eigenvalue weighted by Crippen LogP contribution is 2.07. The number of hydrogen-bond donors (Lipinski definition) is 1. The van der Waals surface area contributed by atoms with Crippen LogP contribution in [0.4, 0.5) is 4.39 Å². The Hall–Kier alpha value is -2.01. The standard InChI is InChI=1S/C12H12FN3O/c13-11-4-2-1-3-9(11)6-16-7-10(5-14)12(17)15-8-16/h1-4,7-8H,5-6,14H2. The normalized spacial score (nSPS) is 10.5. The summed E-state index contributed by atoms with van der Waals surface area (Å²) in [6.45, 7) is 0.455. The Kier molecular flexibility index (Phi) is 3.30. The van der Waals surface area contributed by atoms with Gasteiger partial charge in [0.15, 0.2) is 0 Å². The molecule has 0 atom stereocenters. The predicted molar refractivity (Wildman–Crippen MR) is 61.9 cm³/mol. The topological polar surface area (TPSA) is 60.9 Å². The first-order chi connectivity index (χ1) is 8.20. The van der Waals surface area contributed by atoms with Gasteiger partial charge in [-0.1, -0.05) is 18.2 Å². The van der Waals surface area contributed by atoms with Crippen molar-refractivity contribution in [3.8, 4) is 0 Å². The van der Waals surface area contributed by atoms with Crippen molar-refractivity contribution >= 4 is 0 Å². The molecule has 1 aromatic heterocycles. The molecule has 4 nitrogen and oxygen atoms in total. The number of nitrogens with two attached hydrogens (primary N) is 1. The van der Waals surface area contributed by atoms with Crippen LogP contribution in [0.25, 0.3) is 0 Å². The third kappa shape index (κ3) is 2.57. The number of aromatic nitrogens is 2. The molecule has 0 amide bonds. The maximum Gasteiger partial charge on any atom is 0.277 e. The zero-order valence-corrected chi connectivity index (χ0v) is 9.14. The molecule has 2 aromatic rings. The highest BCUT2D eigenvalue weighted by atomic mass is 19.1. The van der Waals surface area contributed by atoms with Crippen LogP contribution in [0.15, 0.2) is 41.6 Å². The highest BCUT2D eigenvalue weighted by Gasteiger charge is 2.03. The Balaban J connectivity index is 2.31. The second-order valence-electron chi connectivity index (χ2n) is 3.67. The summed E-state index contributed by atoms with van der Waals surface area (Å²) in [5.41, 5.74) is 6.04. The van der Waals surface area contributed by atoms with Gasteiger partial charge in [0.2, 0.25) is 0 Å². The quantitative estimate of drug-likeness (QED) is 0.856. The van der Waals surface area contributed by atoms with Gasteiger partial charge in [-0.3, -0.25) is 4.79 Å². The molecule has 88 valence electrons. The molecule has 0 bridgehead atoms. The molecule has 0 aliphatic rings. The summed E-state index contributed by atoms with van der Waals surface area (Å²) in [6, 6.07) is 6.48. The molecule has 2 N–H and O–H groups in total. The summed E-state index contributed by atoms with van der Waals surface area (Å²) in [6.07, 6.45) is 2.98. The third-order valence-corrected chi connectivity index (χ3v) is 2.45. The van der Waals surface area contributed by atoms with Crippen molar-refractivity contribution < 1.29 is 4.39 Å². The molecule has 0 aliphatic heterocycles. The van der Waals surface area contributed by atoms with E-state index in [0.717, 1.165) is 0 Å². The Morgan fingerprint density at radius 1 is 1.29 bits per heavy atom. The summed E-state index contributed by atoms with van der Waals surface area (Å²) in [5, 5.41) is 0. The molecule has 0 spiro atoms. The Morgan fingerprint density at radius 2 is 2.06 bits per heavy atom. The average molecular weight is 233 g/mol. The molecule has 2 rings (SSSR count). The summed E-state index contributed by atoms with van der Waals surface area (Å²) >= 11 is 0. The summed E-state index contributed by atoms with van der Waals surface area (Å²) in [4.78, 5) is 14.9. The fourth-order valence-electron chi connectivity index (χ4n) is 1.55. The van der Waals surface area contributed by atoms with Crippen LogP contribution in [0.2, 0.25) is 0 Å². The molecule has 0 saturated carbocycles. The molecule has 0 unspecified atom stereocenters. The van der Waals surface area contributed by atoms with Crippen molar-refractivity contribution in [2.75, 3.05) is 0 Å². The molecule has 0 fully saturated rings. The minimum absolute atomic E-state index is 0.129. The smallest absolute Gasteiger partial charge is 0.277 e. The van der Waals surface area contributed by atoms with Gasteiger partial charge < -0.3 is 10.3 Å². The number of benzene rings is 1. The van der Waals surface area contributed by atoms with Crippen LogP contribution in [0, 0.1) is 5.82 Å². The SMILES string of the molecule is NCc1cn(Cc2ccccc2F)cnc1=O. The van der Waals surface area contributed by atoms with Crippen LogP contribution in [0.5, 0.6) is 0 Å². The Bertz CT molecular complexity index is 580. The van der Waals surface area contributed by atoms with Crippen LogP contribution in [-0.2, 0) is 13.1 Å². The van der Waals surface area contributed by atoms with Crippen LogP contribution >= 0.6 is 0 Å². The van der Waals surface area contributed by atoms with E-state index in [2.05, 4.69) is 4.98 Å². The van der Waals surface area contributed by atoms with Gasteiger partial charge in [0.1, 0.15) is 5.82 Å². The van der Waals surface area contributed by atoms with Crippen molar-refractivity contribution in [3.63, 3.8) is 0 Å². The molecule has 1 heterocycles. The molecular weight excluding hydrogens is 221 g/mol. The second-order valence-corrected chi connectivity index (χ2v) is 3.67. The highest BCUT2D eigenvalue weighted by molar-refractivity contribution is 5.18. The summed E-state index contributed by atoms with van der Waals surface area (Å²) in [7, 11) is 0. The lowest BCUT2D eigenvalue weighted by atomic mass is 10.2. The van der Waals surface area contributed by atoms with Gasteiger partial charge in [0.25, 0.3) is 5.56 Å². The van der Waals surface area contributed by atoms with E-state index < -0.39 is 0 Å². The molecular formula is C12H12FN3O. The van der Waals surface area contributed by atoms with E-state index in [1.165, 1.54) is 12.4 Å². The van der Waals surface area contributed by atoms with Gasteiger partial charge in [-0.05, 0) is 6.07 Å².